The number of benzene rings is 1. The molecule has 1 aliphatic carbocycles. The Kier molecular flexibility index (Phi) is 6.72. The van der Waals surface area contributed by atoms with Gasteiger partial charge in [0.15, 0.2) is 13.2 Å². The minimum absolute atomic E-state index is 0.0284. The summed E-state index contributed by atoms with van der Waals surface area (Å²) in [6.07, 6.45) is 7.79. The van der Waals surface area contributed by atoms with Crippen LogP contribution in [0.25, 0.3) is 6.08 Å². The van der Waals surface area contributed by atoms with E-state index in [1.165, 1.54) is 5.01 Å². The number of rotatable bonds is 7. The maximum absolute atomic E-state index is 13.2. The van der Waals surface area contributed by atoms with Crippen LogP contribution in [0.1, 0.15) is 36.8 Å². The first-order valence-electron chi connectivity index (χ1n) is 11.3. The third-order valence-electron chi connectivity index (χ3n) is 5.99. The summed E-state index contributed by atoms with van der Waals surface area (Å²) in [5.74, 6) is 0.567. The number of para-hydroxylation sites is 1. The second-order valence-corrected chi connectivity index (χ2v) is 8.65. The number of ether oxygens (including phenoxy) is 2. The molecule has 0 spiro atoms. The van der Waals surface area contributed by atoms with Crippen molar-refractivity contribution in [3.05, 3.63) is 83.2 Å². The van der Waals surface area contributed by atoms with Crippen LogP contribution >= 0.6 is 11.6 Å². The molecule has 1 fully saturated rings. The van der Waals surface area contributed by atoms with E-state index in [1.807, 2.05) is 24.3 Å². The van der Waals surface area contributed by atoms with Gasteiger partial charge < -0.3 is 18.3 Å². The van der Waals surface area contributed by atoms with Crippen molar-refractivity contribution in [3.63, 3.8) is 0 Å². The number of esters is 1. The first-order valence-corrected chi connectivity index (χ1v) is 11.7. The molecule has 0 N–H and O–H groups in total. The number of nitrogens with zero attached hydrogens (tertiary/aromatic N) is 2. The molecule has 3 heterocycles. The number of fused-ring (bicyclic) bond motifs is 1. The summed E-state index contributed by atoms with van der Waals surface area (Å²) in [7, 11) is 0. The van der Waals surface area contributed by atoms with Crippen LogP contribution in [0.4, 0.5) is 0 Å². The SMILES string of the molecule is O=C(COc1ccccc1Cl)OCC(=O)N1N=C2C(=Cc3ccco3)CCCC2C1c1ccco1. The lowest BCUT2D eigenvalue weighted by atomic mass is 9.79. The lowest BCUT2D eigenvalue weighted by Gasteiger charge is -2.27. The van der Waals surface area contributed by atoms with E-state index in [-0.39, 0.29) is 12.5 Å². The van der Waals surface area contributed by atoms with Gasteiger partial charge in [-0.1, -0.05) is 23.7 Å². The molecule has 2 aromatic heterocycles. The summed E-state index contributed by atoms with van der Waals surface area (Å²) in [6.45, 7) is -0.839. The normalized spacial score (nSPS) is 20.4. The van der Waals surface area contributed by atoms with Crippen molar-refractivity contribution in [2.75, 3.05) is 13.2 Å². The predicted octanol–water partition coefficient (Wildman–Crippen LogP) is 5.27. The standard InChI is InChI=1S/C26H23ClN2O6/c27-20-9-1-2-10-21(20)34-16-24(31)35-15-23(30)29-26(22-11-5-13-33-22)19-8-3-6-17(25(19)28-29)14-18-7-4-12-32-18/h1-2,4-5,7,9-14,19,26H,3,6,8,15-16H2. The number of hydrogen-bond donors (Lipinski definition) is 0. The van der Waals surface area contributed by atoms with E-state index < -0.39 is 24.5 Å². The molecule has 0 bridgehead atoms. The highest BCUT2D eigenvalue weighted by molar-refractivity contribution is 6.32. The van der Waals surface area contributed by atoms with Gasteiger partial charge in [0.1, 0.15) is 23.3 Å². The first-order chi connectivity index (χ1) is 17.1. The number of carbonyl (C=O) groups is 2. The summed E-state index contributed by atoms with van der Waals surface area (Å²) in [6, 6.07) is 13.7. The summed E-state index contributed by atoms with van der Waals surface area (Å²) in [5.41, 5.74) is 1.85. The minimum Gasteiger partial charge on any atom is -0.480 e. The summed E-state index contributed by atoms with van der Waals surface area (Å²) < 4.78 is 21.7. The van der Waals surface area contributed by atoms with Gasteiger partial charge in [0, 0.05) is 5.92 Å². The smallest absolute Gasteiger partial charge is 0.344 e. The number of hydrazone groups is 1. The number of furan rings is 2. The molecule has 1 amide bonds. The molecule has 0 saturated heterocycles. The molecule has 5 rings (SSSR count). The predicted molar refractivity (Wildman–Crippen MR) is 128 cm³/mol. The van der Waals surface area contributed by atoms with Gasteiger partial charge in [0.25, 0.3) is 5.91 Å². The molecule has 8 nitrogen and oxygen atoms in total. The molecule has 1 aromatic carbocycles. The van der Waals surface area contributed by atoms with Crippen LogP contribution in [-0.4, -0.2) is 35.8 Å². The molecule has 2 aliphatic rings. The second-order valence-electron chi connectivity index (χ2n) is 8.25. The van der Waals surface area contributed by atoms with Crippen molar-refractivity contribution in [1.29, 1.82) is 0 Å². The van der Waals surface area contributed by atoms with Crippen LogP contribution in [-0.2, 0) is 14.3 Å². The Balaban J connectivity index is 1.30. The van der Waals surface area contributed by atoms with Crippen molar-refractivity contribution in [2.45, 2.75) is 25.3 Å². The fourth-order valence-electron chi connectivity index (χ4n) is 4.44. The maximum atomic E-state index is 13.2. The quantitative estimate of drug-likeness (QED) is 0.415. The van der Waals surface area contributed by atoms with Gasteiger partial charge in [0.2, 0.25) is 0 Å². The lowest BCUT2D eigenvalue weighted by Crippen LogP contribution is -2.34. The number of carbonyl (C=O) groups excluding carboxylic acids is 2. The fourth-order valence-corrected chi connectivity index (χ4v) is 4.63. The topological polar surface area (TPSA) is 94.5 Å². The second kappa shape index (κ2) is 10.2. The molecule has 0 radical (unpaired) electrons. The van der Waals surface area contributed by atoms with Crippen LogP contribution < -0.4 is 4.74 Å². The Labute approximate surface area is 206 Å². The molecular formula is C26H23ClN2O6. The van der Waals surface area contributed by atoms with Gasteiger partial charge in [-0.2, -0.15) is 5.10 Å². The van der Waals surface area contributed by atoms with Crippen LogP contribution in [0.2, 0.25) is 5.02 Å². The van der Waals surface area contributed by atoms with E-state index in [1.54, 1.807) is 42.9 Å². The summed E-state index contributed by atoms with van der Waals surface area (Å²) >= 11 is 6.03. The van der Waals surface area contributed by atoms with Crippen molar-refractivity contribution in [1.82, 2.24) is 5.01 Å². The van der Waals surface area contributed by atoms with E-state index in [2.05, 4.69) is 5.10 Å². The molecule has 35 heavy (non-hydrogen) atoms. The van der Waals surface area contributed by atoms with Gasteiger partial charge in [0.05, 0.1) is 23.3 Å². The number of halogens is 1. The zero-order valence-electron chi connectivity index (χ0n) is 18.8. The Morgan fingerprint density at radius 2 is 1.91 bits per heavy atom. The molecule has 3 aromatic rings. The highest BCUT2D eigenvalue weighted by Crippen LogP contribution is 2.44. The minimum atomic E-state index is -0.685. The zero-order valence-corrected chi connectivity index (χ0v) is 19.5. The first kappa shape index (κ1) is 23.0. The van der Waals surface area contributed by atoms with Gasteiger partial charge in [-0.3, -0.25) is 4.79 Å². The molecule has 1 saturated carbocycles. The molecule has 1 aliphatic heterocycles. The van der Waals surface area contributed by atoms with Gasteiger partial charge in [-0.15, -0.1) is 0 Å². The van der Waals surface area contributed by atoms with Crippen LogP contribution in [0.3, 0.4) is 0 Å². The largest absolute Gasteiger partial charge is 0.480 e. The highest BCUT2D eigenvalue weighted by atomic mass is 35.5. The van der Waals surface area contributed by atoms with Gasteiger partial charge >= 0.3 is 5.97 Å². The molecule has 180 valence electrons. The molecule has 2 unspecified atom stereocenters. The Bertz CT molecular complexity index is 1250. The Morgan fingerprint density at radius 3 is 2.69 bits per heavy atom. The van der Waals surface area contributed by atoms with E-state index in [0.29, 0.717) is 16.5 Å². The zero-order chi connectivity index (χ0) is 24.2. The van der Waals surface area contributed by atoms with Crippen LogP contribution in [0.5, 0.6) is 5.75 Å². The van der Waals surface area contributed by atoms with Crippen LogP contribution in [0, 0.1) is 5.92 Å². The molecule has 2 atom stereocenters. The Morgan fingerprint density at radius 1 is 1.09 bits per heavy atom. The van der Waals surface area contributed by atoms with E-state index in [9.17, 15) is 9.59 Å². The monoisotopic (exact) mass is 494 g/mol. The number of allylic oxidation sites excluding steroid dienone is 1. The number of hydrogen-bond acceptors (Lipinski definition) is 7. The molecular weight excluding hydrogens is 472 g/mol. The van der Waals surface area contributed by atoms with E-state index in [0.717, 1.165) is 36.3 Å². The highest BCUT2D eigenvalue weighted by Gasteiger charge is 2.45. The van der Waals surface area contributed by atoms with E-state index >= 15 is 0 Å². The summed E-state index contributed by atoms with van der Waals surface area (Å²) in [4.78, 5) is 25.4. The third-order valence-corrected chi connectivity index (χ3v) is 6.30. The number of amides is 1. The van der Waals surface area contributed by atoms with Crippen LogP contribution in [0.15, 0.2) is 80.6 Å². The average molecular weight is 495 g/mol. The van der Waals surface area contributed by atoms with Crippen molar-refractivity contribution >= 4 is 35.3 Å². The molecule has 9 heteroatoms. The van der Waals surface area contributed by atoms with Gasteiger partial charge in [-0.05, 0) is 67.3 Å². The fraction of sp³-hybridized carbons (Fsp3) is 0.269. The Hall–Kier alpha value is -3.78. The van der Waals surface area contributed by atoms with Crippen molar-refractivity contribution < 1.29 is 27.9 Å². The van der Waals surface area contributed by atoms with E-state index in [4.69, 9.17) is 29.9 Å². The third kappa shape index (κ3) is 5.02. The summed E-state index contributed by atoms with van der Waals surface area (Å²) in [5, 5.41) is 6.44. The average Bonchev–Trinajstić information content (AvgIpc) is 3.63. The maximum Gasteiger partial charge on any atom is 0.344 e. The van der Waals surface area contributed by atoms with Crippen molar-refractivity contribution in [2.24, 2.45) is 11.0 Å². The van der Waals surface area contributed by atoms with Gasteiger partial charge in [-0.25, -0.2) is 9.80 Å². The van der Waals surface area contributed by atoms with Crippen molar-refractivity contribution in [3.8, 4) is 5.75 Å². The lowest BCUT2D eigenvalue weighted by molar-refractivity contribution is -0.154.